The van der Waals surface area contributed by atoms with Crippen molar-refractivity contribution in [3.05, 3.63) is 47.4 Å². The lowest BCUT2D eigenvalue weighted by molar-refractivity contribution is -0.151. The van der Waals surface area contributed by atoms with Crippen LogP contribution in [0.15, 0.2) is 41.8 Å². The van der Waals surface area contributed by atoms with Gasteiger partial charge in [-0.25, -0.2) is 4.79 Å². The molecule has 0 aromatic heterocycles. The van der Waals surface area contributed by atoms with E-state index in [1.165, 1.54) is 0 Å². The summed E-state index contributed by atoms with van der Waals surface area (Å²) in [5.74, 6) is -4.84. The lowest BCUT2D eigenvalue weighted by Crippen LogP contribution is -2.70. The van der Waals surface area contributed by atoms with Gasteiger partial charge in [0.2, 0.25) is 5.91 Å². The number of carbonyl (C=O) groups excluding carboxylic acids is 2. The summed E-state index contributed by atoms with van der Waals surface area (Å²) >= 11 is 0.766. The summed E-state index contributed by atoms with van der Waals surface area (Å²) in [6.45, 7) is 0. The fourth-order valence-corrected chi connectivity index (χ4v) is 4.67. The molecular weight excluding hydrogens is 453 g/mol. The van der Waals surface area contributed by atoms with Crippen molar-refractivity contribution in [2.24, 2.45) is 0 Å². The zero-order valence-corrected chi connectivity index (χ0v) is 16.4. The number of benzene rings is 1. The number of thioether (sulfide) groups is 1. The van der Waals surface area contributed by atoms with Gasteiger partial charge in [-0.2, -0.15) is 21.6 Å². The molecule has 3 rings (SSSR count). The standard InChI is InChI=1S/C16H13F3N2O7S2/c17-16(18,19)30(26,27)28-9-7-29-14-11(13(23)21(14)12(9)15(24)25)20-10(22)6-8-4-2-1-3-5-8/h1-5,11,14H,6-7H2,(H,20,22)(H,24,25)/t11?,14-/m0/s1. The van der Waals surface area contributed by atoms with Gasteiger partial charge in [-0.3, -0.25) is 14.5 Å². The minimum absolute atomic E-state index is 0.0399. The van der Waals surface area contributed by atoms with Crippen LogP contribution < -0.4 is 5.32 Å². The van der Waals surface area contributed by atoms with Crippen molar-refractivity contribution in [2.45, 2.75) is 23.3 Å². The zero-order chi connectivity index (χ0) is 22.3. The van der Waals surface area contributed by atoms with Crippen LogP contribution in [0.25, 0.3) is 0 Å². The maximum Gasteiger partial charge on any atom is 0.534 e. The summed E-state index contributed by atoms with van der Waals surface area (Å²) in [4.78, 5) is 36.6. The first-order valence-corrected chi connectivity index (χ1v) is 10.6. The Balaban J connectivity index is 1.76. The number of fused-ring (bicyclic) bond motifs is 1. The number of nitrogens with zero attached hydrogens (tertiary/aromatic N) is 1. The first kappa shape index (κ1) is 22.0. The Bertz CT molecular complexity index is 1030. The van der Waals surface area contributed by atoms with E-state index in [0.29, 0.717) is 10.5 Å². The Morgan fingerprint density at radius 1 is 1.27 bits per heavy atom. The minimum Gasteiger partial charge on any atom is -0.476 e. The Morgan fingerprint density at radius 2 is 1.90 bits per heavy atom. The van der Waals surface area contributed by atoms with Crippen LogP contribution in [0, 0.1) is 0 Å². The Kier molecular flexibility index (Phi) is 5.73. The minimum atomic E-state index is -6.11. The smallest absolute Gasteiger partial charge is 0.476 e. The Morgan fingerprint density at radius 3 is 2.47 bits per heavy atom. The second-order valence-corrected chi connectivity index (χ2v) is 8.82. The van der Waals surface area contributed by atoms with Crippen molar-refractivity contribution >= 4 is 39.7 Å². The Labute approximate surface area is 172 Å². The van der Waals surface area contributed by atoms with E-state index in [1.54, 1.807) is 30.3 Å². The SMILES string of the molecule is O=C(Cc1ccccc1)NC1C(=O)N2C(C(=O)O)=C(OS(=O)(=O)C(F)(F)F)CS[C@@H]12. The summed E-state index contributed by atoms with van der Waals surface area (Å²) < 4.78 is 64.0. The second kappa shape index (κ2) is 7.83. The molecule has 0 radical (unpaired) electrons. The summed E-state index contributed by atoms with van der Waals surface area (Å²) in [5.41, 5.74) is -6.10. The molecule has 1 saturated heterocycles. The number of aliphatic carboxylic acids is 1. The number of carboxylic acids is 1. The predicted molar refractivity (Wildman–Crippen MR) is 95.9 cm³/mol. The predicted octanol–water partition coefficient (Wildman–Crippen LogP) is 0.791. The summed E-state index contributed by atoms with van der Waals surface area (Å²) in [7, 11) is -6.11. The van der Waals surface area contributed by atoms with Crippen LogP contribution in [0.3, 0.4) is 0 Å². The third-order valence-corrected chi connectivity index (χ3v) is 6.39. The molecular formula is C16H13F3N2O7S2. The van der Waals surface area contributed by atoms with E-state index < -0.39 is 62.0 Å². The van der Waals surface area contributed by atoms with Crippen LogP contribution in [0.4, 0.5) is 13.2 Å². The number of nitrogens with one attached hydrogen (secondary N) is 1. The molecule has 2 atom stereocenters. The highest BCUT2D eigenvalue weighted by Gasteiger charge is 2.56. The number of carbonyl (C=O) groups is 3. The van der Waals surface area contributed by atoms with E-state index in [4.69, 9.17) is 0 Å². The summed E-state index contributed by atoms with van der Waals surface area (Å²) in [6, 6.07) is 7.47. The van der Waals surface area contributed by atoms with Gasteiger partial charge in [0.1, 0.15) is 11.4 Å². The third kappa shape index (κ3) is 4.09. The van der Waals surface area contributed by atoms with Gasteiger partial charge in [-0.05, 0) is 5.56 Å². The highest BCUT2D eigenvalue weighted by atomic mass is 32.2. The van der Waals surface area contributed by atoms with Crippen LogP contribution >= 0.6 is 11.8 Å². The van der Waals surface area contributed by atoms with Crippen LogP contribution in [0.5, 0.6) is 0 Å². The van der Waals surface area contributed by atoms with E-state index in [0.717, 1.165) is 11.8 Å². The van der Waals surface area contributed by atoms with Gasteiger partial charge < -0.3 is 14.6 Å². The molecule has 2 aliphatic rings. The number of hydrogen-bond acceptors (Lipinski definition) is 7. The maximum absolute atomic E-state index is 12.5. The number of hydrogen-bond donors (Lipinski definition) is 2. The highest BCUT2D eigenvalue weighted by Crippen LogP contribution is 2.42. The van der Waals surface area contributed by atoms with Crippen molar-refractivity contribution in [2.75, 3.05) is 5.75 Å². The van der Waals surface area contributed by atoms with Crippen molar-refractivity contribution in [1.29, 1.82) is 0 Å². The quantitative estimate of drug-likeness (QED) is 0.358. The molecule has 2 heterocycles. The zero-order valence-electron chi connectivity index (χ0n) is 14.7. The second-order valence-electron chi connectivity index (χ2n) is 6.18. The van der Waals surface area contributed by atoms with Gasteiger partial charge in [-0.15, -0.1) is 11.8 Å². The maximum atomic E-state index is 12.5. The molecule has 2 N–H and O–H groups in total. The Hall–Kier alpha value is -2.74. The van der Waals surface area contributed by atoms with E-state index in [-0.39, 0.29) is 6.42 Å². The molecule has 9 nitrogen and oxygen atoms in total. The molecule has 1 unspecified atom stereocenters. The number of halogens is 3. The monoisotopic (exact) mass is 466 g/mol. The van der Waals surface area contributed by atoms with Crippen molar-refractivity contribution < 1.29 is 45.3 Å². The number of carboxylic acid groups (broad SMARTS) is 1. The van der Waals surface area contributed by atoms with E-state index in [1.807, 2.05) is 0 Å². The molecule has 0 bridgehead atoms. The number of rotatable bonds is 6. The molecule has 162 valence electrons. The fraction of sp³-hybridized carbons (Fsp3) is 0.312. The molecule has 2 amide bonds. The van der Waals surface area contributed by atoms with Crippen molar-refractivity contribution in [3.63, 3.8) is 0 Å². The summed E-state index contributed by atoms with van der Waals surface area (Å²) in [6.07, 6.45) is -0.0399. The van der Waals surface area contributed by atoms with E-state index in [2.05, 4.69) is 9.50 Å². The van der Waals surface area contributed by atoms with Crippen LogP contribution in [-0.2, 0) is 35.1 Å². The first-order valence-electron chi connectivity index (χ1n) is 8.17. The normalized spacial score (nSPS) is 21.6. The van der Waals surface area contributed by atoms with Gasteiger partial charge in [0.05, 0.1) is 12.2 Å². The number of amides is 2. The molecule has 1 fully saturated rings. The molecule has 0 aliphatic carbocycles. The molecule has 14 heteroatoms. The van der Waals surface area contributed by atoms with Gasteiger partial charge >= 0.3 is 21.6 Å². The van der Waals surface area contributed by atoms with Gasteiger partial charge in [0, 0.05) is 0 Å². The molecule has 0 saturated carbocycles. The lowest BCUT2D eigenvalue weighted by Gasteiger charge is -2.48. The summed E-state index contributed by atoms with van der Waals surface area (Å²) in [5, 5.41) is 10.8. The topological polar surface area (TPSA) is 130 Å². The van der Waals surface area contributed by atoms with E-state index in [9.17, 15) is 41.1 Å². The highest BCUT2D eigenvalue weighted by molar-refractivity contribution is 8.00. The van der Waals surface area contributed by atoms with Gasteiger partial charge in [-0.1, -0.05) is 30.3 Å². The van der Waals surface area contributed by atoms with Crippen molar-refractivity contribution in [3.8, 4) is 0 Å². The third-order valence-electron chi connectivity index (χ3n) is 4.15. The molecule has 0 spiro atoms. The largest absolute Gasteiger partial charge is 0.534 e. The van der Waals surface area contributed by atoms with Gasteiger partial charge in [0.15, 0.2) is 11.5 Å². The number of alkyl halides is 3. The van der Waals surface area contributed by atoms with E-state index >= 15 is 0 Å². The average molecular weight is 466 g/mol. The molecule has 2 aliphatic heterocycles. The van der Waals surface area contributed by atoms with Crippen LogP contribution in [0.1, 0.15) is 5.56 Å². The van der Waals surface area contributed by atoms with Crippen molar-refractivity contribution in [1.82, 2.24) is 10.2 Å². The molecule has 1 aromatic carbocycles. The molecule has 30 heavy (non-hydrogen) atoms. The van der Waals surface area contributed by atoms with Crippen LogP contribution in [-0.4, -0.2) is 58.9 Å². The lowest BCUT2D eigenvalue weighted by atomic mass is 10.0. The first-order chi connectivity index (χ1) is 13.9. The van der Waals surface area contributed by atoms with Gasteiger partial charge in [0.25, 0.3) is 5.91 Å². The van der Waals surface area contributed by atoms with Crippen LogP contribution in [0.2, 0.25) is 0 Å². The number of β-lactam (4-membered cyclic amide) rings is 1. The molecule has 1 aromatic rings. The average Bonchev–Trinajstić information content (AvgIpc) is 2.65. The fourth-order valence-electron chi connectivity index (χ4n) is 2.84.